The van der Waals surface area contributed by atoms with E-state index in [-0.39, 0.29) is 38.2 Å². The number of hydrogen-bond donors (Lipinski definition) is 1. The number of aromatic hydroxyl groups is 1. The summed E-state index contributed by atoms with van der Waals surface area (Å²) in [6.07, 6.45) is 0.951. The first-order valence-corrected chi connectivity index (χ1v) is 5.53. The Kier molecular flexibility index (Phi) is 3.22. The van der Waals surface area contributed by atoms with Gasteiger partial charge in [-0.2, -0.15) is 0 Å². The molecular weight excluding hydrogens is 287 g/mol. The van der Waals surface area contributed by atoms with Crippen LogP contribution in [0.3, 0.4) is 0 Å². The van der Waals surface area contributed by atoms with Crippen molar-refractivity contribution in [2.24, 2.45) is 0 Å². The van der Waals surface area contributed by atoms with Crippen LogP contribution >= 0.6 is 0 Å². The Hall–Kier alpha value is -0.596. The molecule has 85 valence electrons. The van der Waals surface area contributed by atoms with Crippen molar-refractivity contribution in [3.8, 4) is 5.75 Å². The zero-order valence-corrected chi connectivity index (χ0v) is 12.9. The zero-order valence-electron chi connectivity index (χ0n) is 10.1. The van der Waals surface area contributed by atoms with Gasteiger partial charge in [0, 0.05) is 38.1 Å². The van der Waals surface area contributed by atoms with Crippen LogP contribution in [0.25, 0.3) is 16.1 Å². The minimum atomic E-state index is -0.00463. The van der Waals surface area contributed by atoms with Crippen molar-refractivity contribution in [1.82, 2.24) is 0 Å². The van der Waals surface area contributed by atoms with Crippen LogP contribution in [0.1, 0.15) is 19.4 Å². The summed E-state index contributed by atoms with van der Waals surface area (Å²) in [6.45, 7) is 4.27. The van der Waals surface area contributed by atoms with Crippen LogP contribution in [0, 0.1) is 0 Å². The van der Waals surface area contributed by atoms with Crippen LogP contribution in [-0.2, 0) is 39.1 Å². The van der Waals surface area contributed by atoms with Crippen molar-refractivity contribution in [1.29, 1.82) is 0 Å². The summed E-state index contributed by atoms with van der Waals surface area (Å²) in [4.78, 5) is 0. The van der Waals surface area contributed by atoms with Crippen molar-refractivity contribution < 1.29 is 37.8 Å². The van der Waals surface area contributed by atoms with E-state index in [0.29, 0.717) is 5.75 Å². The number of fused-ring (bicyclic) bond motifs is 2. The minimum Gasteiger partial charge on any atom is -0.679 e. The first-order valence-electron chi connectivity index (χ1n) is 5.53. The molecule has 0 saturated carbocycles. The van der Waals surface area contributed by atoms with Crippen molar-refractivity contribution in [3.63, 3.8) is 0 Å². The summed E-state index contributed by atoms with van der Waals surface area (Å²) in [7, 11) is 0. The number of phenols is 1. The van der Waals surface area contributed by atoms with E-state index in [9.17, 15) is 5.11 Å². The molecule has 0 aliphatic carbocycles. The fourth-order valence-electron chi connectivity index (χ4n) is 2.42. The van der Waals surface area contributed by atoms with Crippen molar-refractivity contribution >= 4 is 16.5 Å². The molecule has 0 aromatic heterocycles. The van der Waals surface area contributed by atoms with E-state index in [1.165, 1.54) is 5.56 Å². The molecule has 2 aromatic rings. The molecule has 0 unspecified atom stereocenters. The minimum absolute atomic E-state index is 0. The van der Waals surface area contributed by atoms with Gasteiger partial charge in [-0.05, 0) is 23.9 Å². The Morgan fingerprint density at radius 1 is 1.24 bits per heavy atom. The van der Waals surface area contributed by atoms with Crippen LogP contribution in [0.4, 0.5) is 5.69 Å². The van der Waals surface area contributed by atoms with Gasteiger partial charge in [0.25, 0.3) is 0 Å². The maximum atomic E-state index is 9.80. The molecule has 1 aliphatic heterocycles. The molecule has 3 heteroatoms. The summed E-state index contributed by atoms with van der Waals surface area (Å²) >= 11 is 0. The van der Waals surface area contributed by atoms with Gasteiger partial charge in [0.2, 0.25) is 0 Å². The van der Waals surface area contributed by atoms with Crippen LogP contribution in [0.2, 0.25) is 0 Å². The summed E-state index contributed by atoms with van der Waals surface area (Å²) < 4.78 is 0. The molecule has 2 nitrogen and oxygen atoms in total. The van der Waals surface area contributed by atoms with Crippen molar-refractivity contribution in [3.05, 3.63) is 41.2 Å². The van der Waals surface area contributed by atoms with E-state index >= 15 is 0 Å². The number of hydrogen-bond acceptors (Lipinski definition) is 1. The molecule has 1 aliphatic rings. The largest absolute Gasteiger partial charge is 0.679 e. The molecule has 1 radical (unpaired) electrons. The van der Waals surface area contributed by atoms with Crippen LogP contribution in [0.5, 0.6) is 5.75 Å². The Balaban J connectivity index is 0.00000108. The molecule has 2 aromatic carbocycles. The summed E-state index contributed by atoms with van der Waals surface area (Å²) in [6, 6.07) is 9.74. The van der Waals surface area contributed by atoms with Crippen molar-refractivity contribution in [2.75, 3.05) is 0 Å². The maximum absolute atomic E-state index is 9.80. The fourth-order valence-corrected chi connectivity index (χ4v) is 2.42. The smallest absolute Gasteiger partial charge is 0.123 e. The predicted molar refractivity (Wildman–Crippen MR) is 66.4 cm³/mol. The first kappa shape index (κ1) is 12.9. The monoisotopic (exact) mass is 301 g/mol. The van der Waals surface area contributed by atoms with E-state index in [4.69, 9.17) is 0 Å². The first-order chi connectivity index (χ1) is 7.55. The topological polar surface area (TPSA) is 34.3 Å². The van der Waals surface area contributed by atoms with Gasteiger partial charge >= 0.3 is 0 Å². The van der Waals surface area contributed by atoms with E-state index in [1.807, 2.05) is 12.1 Å². The average molecular weight is 301 g/mol. The van der Waals surface area contributed by atoms with Gasteiger partial charge in [-0.3, -0.25) is 0 Å². The van der Waals surface area contributed by atoms with Gasteiger partial charge < -0.3 is 10.4 Å². The van der Waals surface area contributed by atoms with Gasteiger partial charge in [-0.25, -0.2) is 0 Å². The van der Waals surface area contributed by atoms with Gasteiger partial charge in [0.1, 0.15) is 5.75 Å². The predicted octanol–water partition coefficient (Wildman–Crippen LogP) is 3.88. The van der Waals surface area contributed by atoms with Crippen LogP contribution < -0.4 is 0 Å². The Morgan fingerprint density at radius 3 is 2.76 bits per heavy atom. The molecule has 0 bridgehead atoms. The number of benzene rings is 2. The number of rotatable bonds is 0. The third-order valence-corrected chi connectivity index (χ3v) is 3.10. The summed E-state index contributed by atoms with van der Waals surface area (Å²) in [5.74, 6) is 0.352. The summed E-state index contributed by atoms with van der Waals surface area (Å²) in [5.41, 5.74) is 2.30. The van der Waals surface area contributed by atoms with E-state index in [2.05, 4.69) is 31.3 Å². The second-order valence-corrected chi connectivity index (χ2v) is 5.08. The Bertz CT molecular complexity index is 578. The van der Waals surface area contributed by atoms with Gasteiger partial charge in [0.05, 0.1) is 0 Å². The molecule has 1 N–H and O–H groups in total. The molecular formula is C14H14NOY-. The normalized spacial score (nSPS) is 16.1. The van der Waals surface area contributed by atoms with Crippen LogP contribution in [-0.4, -0.2) is 10.6 Å². The number of nitrogens with zero attached hydrogens (tertiary/aromatic N) is 1. The van der Waals surface area contributed by atoms with E-state index < -0.39 is 0 Å². The maximum Gasteiger partial charge on any atom is 0.123 e. The van der Waals surface area contributed by atoms with E-state index in [1.54, 1.807) is 6.07 Å². The van der Waals surface area contributed by atoms with E-state index in [0.717, 1.165) is 22.9 Å². The quantitative estimate of drug-likeness (QED) is 0.787. The molecule has 0 saturated heterocycles. The SMILES string of the molecule is CC1(C)Cc2cc3c(O)cccc3cc2[N-]1.[Y]. The standard InChI is InChI=1S/C14H14NO.Y/c1-14(2)8-10-6-11-9(7-12(10)15-14)4-3-5-13(11)16;/h3-7,16H,8H2,1-2H3;/q-1;. The summed E-state index contributed by atoms with van der Waals surface area (Å²) in [5, 5.41) is 16.5. The van der Waals surface area contributed by atoms with Gasteiger partial charge in [-0.15, -0.1) is 11.2 Å². The third kappa shape index (κ3) is 2.21. The fraction of sp³-hybridized carbons (Fsp3) is 0.286. The molecule has 1 heterocycles. The third-order valence-electron chi connectivity index (χ3n) is 3.10. The van der Waals surface area contributed by atoms with Crippen molar-refractivity contribution in [2.45, 2.75) is 25.8 Å². The number of phenolic OH excluding ortho intramolecular Hbond substituents is 1. The van der Waals surface area contributed by atoms with Gasteiger partial charge in [0.15, 0.2) is 0 Å². The van der Waals surface area contributed by atoms with Gasteiger partial charge in [-0.1, -0.05) is 37.6 Å². The van der Waals surface area contributed by atoms with Crippen LogP contribution in [0.15, 0.2) is 30.3 Å². The molecule has 17 heavy (non-hydrogen) atoms. The molecule has 3 rings (SSSR count). The molecule has 0 fully saturated rings. The Labute approximate surface area is 126 Å². The second-order valence-electron chi connectivity index (χ2n) is 5.08. The average Bonchev–Trinajstić information content (AvgIpc) is 2.48. The zero-order chi connectivity index (χ0) is 11.3. The Morgan fingerprint density at radius 2 is 2.00 bits per heavy atom. The second kappa shape index (κ2) is 4.26. The molecule has 0 amide bonds. The molecule has 0 atom stereocenters. The molecule has 0 spiro atoms.